The van der Waals surface area contributed by atoms with E-state index in [0.717, 1.165) is 34.4 Å². The largest absolute Gasteiger partial charge is 0.573 e. The molecule has 0 spiro atoms. The van der Waals surface area contributed by atoms with Gasteiger partial charge in [0, 0.05) is 10.6 Å². The van der Waals surface area contributed by atoms with Crippen LogP contribution in [-0.4, -0.2) is 56.8 Å². The minimum Gasteiger partial charge on any atom is -0.482 e. The Kier molecular flexibility index (Phi) is 10.7. The normalized spacial score (nSPS) is 15.1. The Morgan fingerprint density at radius 2 is 1.78 bits per heavy atom. The maximum absolute atomic E-state index is 12.8. The number of rotatable bonds is 10. The van der Waals surface area contributed by atoms with E-state index in [1.807, 2.05) is 6.92 Å². The number of halogens is 7. The molecule has 5 rings (SSSR count). The summed E-state index contributed by atoms with van der Waals surface area (Å²) in [6.07, 6.45) is -7.49. The van der Waals surface area contributed by atoms with Crippen molar-refractivity contribution < 1.29 is 45.4 Å². The van der Waals surface area contributed by atoms with Gasteiger partial charge in [0.25, 0.3) is 0 Å². The van der Waals surface area contributed by atoms with Crippen molar-refractivity contribution in [2.45, 2.75) is 31.9 Å². The average molecular weight is 728 g/mol. The Morgan fingerprint density at radius 3 is 2.43 bits per heavy atom. The highest BCUT2D eigenvalue weighted by molar-refractivity contribution is 8.15. The third kappa shape index (κ3) is 9.42. The summed E-state index contributed by atoms with van der Waals surface area (Å²) in [7, 11) is 0. The summed E-state index contributed by atoms with van der Waals surface area (Å²) < 4.78 is 85.9. The van der Waals surface area contributed by atoms with Gasteiger partial charge in [0.2, 0.25) is 5.91 Å². The Bertz CT molecular complexity index is 1840. The molecule has 0 aliphatic carbocycles. The van der Waals surface area contributed by atoms with Crippen molar-refractivity contribution >= 4 is 46.2 Å². The topological polar surface area (TPSA) is 123 Å². The number of hydrogen-bond donors (Lipinski definition) is 2. The van der Waals surface area contributed by atoms with Gasteiger partial charge in [-0.1, -0.05) is 54.6 Å². The molecule has 1 aliphatic rings. The molecule has 49 heavy (non-hydrogen) atoms. The van der Waals surface area contributed by atoms with Crippen LogP contribution in [0, 0.1) is 0 Å². The van der Waals surface area contributed by atoms with Crippen LogP contribution in [-0.2, 0) is 4.79 Å². The molecule has 0 saturated carbocycles. The number of benzene rings is 3. The molecule has 19 heteroatoms. The molecule has 1 saturated heterocycles. The van der Waals surface area contributed by atoms with E-state index < -0.39 is 31.1 Å². The molecule has 3 aromatic carbocycles. The van der Waals surface area contributed by atoms with E-state index >= 15 is 0 Å². The number of ether oxygens (including phenoxy) is 2. The summed E-state index contributed by atoms with van der Waals surface area (Å²) in [5, 5.41) is 4.42. The van der Waals surface area contributed by atoms with Crippen molar-refractivity contribution in [1.29, 1.82) is 0 Å². The van der Waals surface area contributed by atoms with Crippen LogP contribution >= 0.6 is 23.4 Å². The second kappa shape index (κ2) is 14.8. The number of hydrazine groups is 1. The number of hydrogen-bond acceptors (Lipinski definition) is 8. The van der Waals surface area contributed by atoms with Gasteiger partial charge >= 0.3 is 18.6 Å². The van der Waals surface area contributed by atoms with Crippen LogP contribution < -0.4 is 25.2 Å². The maximum Gasteiger partial charge on any atom is 0.573 e. The van der Waals surface area contributed by atoms with Gasteiger partial charge in [0.15, 0.2) is 17.6 Å². The molecule has 11 nitrogen and oxygen atoms in total. The lowest BCUT2D eigenvalue weighted by molar-refractivity contribution is -0.274. The van der Waals surface area contributed by atoms with Crippen LogP contribution in [0.4, 0.5) is 36.8 Å². The van der Waals surface area contributed by atoms with Gasteiger partial charge in [-0.2, -0.15) is 18.2 Å². The zero-order valence-corrected chi connectivity index (χ0v) is 26.6. The molecular weight excluding hydrogens is 704 g/mol. The molecule has 0 radical (unpaired) electrons. The third-order valence-electron chi connectivity index (χ3n) is 6.68. The van der Waals surface area contributed by atoms with Gasteiger partial charge in [0.1, 0.15) is 17.8 Å². The smallest absolute Gasteiger partial charge is 0.482 e. The zero-order chi connectivity index (χ0) is 35.3. The Labute approximate surface area is 283 Å². The Morgan fingerprint density at radius 1 is 1.06 bits per heavy atom. The lowest BCUT2D eigenvalue weighted by atomic mass is 10.0. The molecule has 2 heterocycles. The fourth-order valence-electron chi connectivity index (χ4n) is 4.50. The van der Waals surface area contributed by atoms with Crippen molar-refractivity contribution in [3.05, 3.63) is 83.6 Å². The van der Waals surface area contributed by atoms with Crippen LogP contribution in [0.5, 0.6) is 11.5 Å². The Balaban J connectivity index is 1.23. The summed E-state index contributed by atoms with van der Waals surface area (Å²) in [5.74, 6) is -0.941. The molecule has 1 aromatic heterocycles. The standard InChI is InChI=1S/C30H24ClF6N7O4S/c1-2-22(17-3-5-18(6-4-17)26-38-16-43(42-26)20-8-10-21(11-9-20)48-30(35,36)37)40-41-27(46)39-28-44(25(45)14-49-28)23-13-19(31)7-12-24(23)47-15-29(32,33)34/h3-13,16,22,40H,2,14-15H2,1H3,(H,41,46). The number of aromatic nitrogens is 3. The highest BCUT2D eigenvalue weighted by Gasteiger charge is 2.35. The number of amidine groups is 1. The third-order valence-corrected chi connectivity index (χ3v) is 7.83. The molecule has 2 N–H and O–H groups in total. The van der Waals surface area contributed by atoms with Gasteiger partial charge in [-0.3, -0.25) is 15.1 Å². The predicted octanol–water partition coefficient (Wildman–Crippen LogP) is 7.23. The number of nitrogens with zero attached hydrogens (tertiary/aromatic N) is 5. The van der Waals surface area contributed by atoms with Crippen LogP contribution in [0.3, 0.4) is 0 Å². The molecule has 1 fully saturated rings. The molecule has 4 aromatic rings. The number of nitrogens with one attached hydrogen (secondary N) is 2. The lowest BCUT2D eigenvalue weighted by Crippen LogP contribution is -2.39. The second-order valence-corrected chi connectivity index (χ2v) is 11.5. The second-order valence-electron chi connectivity index (χ2n) is 10.1. The molecule has 258 valence electrons. The van der Waals surface area contributed by atoms with Crippen LogP contribution in [0.2, 0.25) is 5.02 Å². The predicted molar refractivity (Wildman–Crippen MR) is 169 cm³/mol. The van der Waals surface area contributed by atoms with Crippen molar-refractivity contribution in [3.63, 3.8) is 0 Å². The van der Waals surface area contributed by atoms with E-state index in [4.69, 9.17) is 16.3 Å². The lowest BCUT2D eigenvalue weighted by Gasteiger charge is -2.21. The number of alkyl halides is 6. The van der Waals surface area contributed by atoms with E-state index in [1.165, 1.54) is 41.3 Å². The molecule has 1 unspecified atom stereocenters. The van der Waals surface area contributed by atoms with Crippen LogP contribution in [0.1, 0.15) is 24.9 Å². The van der Waals surface area contributed by atoms with Crippen LogP contribution in [0.15, 0.2) is 78.0 Å². The molecule has 0 bridgehead atoms. The minimum atomic E-state index is -4.80. The van der Waals surface area contributed by atoms with Crippen molar-refractivity contribution in [2.24, 2.45) is 4.99 Å². The van der Waals surface area contributed by atoms with Gasteiger partial charge in [-0.15, -0.1) is 18.3 Å². The summed E-state index contributed by atoms with van der Waals surface area (Å²) in [6, 6.07) is 14.7. The number of carbonyl (C=O) groups is 2. The fourth-order valence-corrected chi connectivity index (χ4v) is 5.52. The summed E-state index contributed by atoms with van der Waals surface area (Å²) in [4.78, 5) is 34.7. The van der Waals surface area contributed by atoms with Crippen molar-refractivity contribution in [1.82, 2.24) is 25.6 Å². The van der Waals surface area contributed by atoms with Crippen molar-refractivity contribution in [2.75, 3.05) is 17.3 Å². The maximum atomic E-state index is 12.8. The van der Waals surface area contributed by atoms with Gasteiger partial charge in [-0.25, -0.2) is 19.9 Å². The van der Waals surface area contributed by atoms with E-state index in [9.17, 15) is 35.9 Å². The molecular formula is C30H24ClF6N7O4S. The molecule has 1 atom stereocenters. The van der Waals surface area contributed by atoms with Crippen LogP contribution in [0.25, 0.3) is 17.1 Å². The number of carbonyl (C=O) groups excluding carboxylic acids is 2. The van der Waals surface area contributed by atoms with Gasteiger partial charge in [0.05, 0.1) is 23.2 Å². The first kappa shape index (κ1) is 35.5. The first-order chi connectivity index (χ1) is 23.2. The average Bonchev–Trinajstić information content (AvgIpc) is 3.67. The van der Waals surface area contributed by atoms with E-state index in [-0.39, 0.29) is 39.2 Å². The molecule has 1 aliphatic heterocycles. The zero-order valence-electron chi connectivity index (χ0n) is 25.0. The highest BCUT2D eigenvalue weighted by atomic mass is 35.5. The quantitative estimate of drug-likeness (QED) is 0.130. The minimum absolute atomic E-state index is 0.0849. The summed E-state index contributed by atoms with van der Waals surface area (Å²) in [5.41, 5.74) is 7.14. The number of amides is 3. The van der Waals surface area contributed by atoms with Crippen molar-refractivity contribution in [3.8, 4) is 28.6 Å². The van der Waals surface area contributed by atoms with Gasteiger partial charge < -0.3 is 9.47 Å². The summed E-state index contributed by atoms with van der Waals surface area (Å²) >= 11 is 6.96. The van der Waals surface area contributed by atoms with E-state index in [0.29, 0.717) is 23.5 Å². The molecule has 3 amide bonds. The monoisotopic (exact) mass is 727 g/mol. The fraction of sp³-hybridized carbons (Fsp3) is 0.233. The SMILES string of the molecule is CCC(NNC(=O)N=C1SCC(=O)N1c1cc(Cl)ccc1OCC(F)(F)F)c1ccc(-c2ncn(-c3ccc(OC(F)(F)F)cc3)n2)cc1. The number of thioether (sulfide) groups is 1. The summed E-state index contributed by atoms with van der Waals surface area (Å²) in [6.45, 7) is 0.265. The number of aliphatic imine (C=N–C) groups is 1. The first-order valence-electron chi connectivity index (χ1n) is 14.2. The van der Waals surface area contributed by atoms with E-state index in [2.05, 4.69) is 30.7 Å². The van der Waals surface area contributed by atoms with Gasteiger partial charge in [-0.05, 0) is 54.4 Å². The Hall–Kier alpha value is -4.81. The first-order valence-corrected chi connectivity index (χ1v) is 15.5. The number of urea groups is 1. The number of anilines is 1. The highest BCUT2D eigenvalue weighted by Crippen LogP contribution is 2.37. The van der Waals surface area contributed by atoms with E-state index in [1.54, 1.807) is 24.3 Å².